The smallest absolute Gasteiger partial charge is 0.411 e. The molecule has 0 bridgehead atoms. The van der Waals surface area contributed by atoms with Crippen LogP contribution in [0.1, 0.15) is 31.7 Å². The van der Waals surface area contributed by atoms with Crippen molar-refractivity contribution in [1.82, 2.24) is 10.2 Å². The second-order valence-electron chi connectivity index (χ2n) is 6.61. The van der Waals surface area contributed by atoms with Gasteiger partial charge in [0.25, 0.3) is 0 Å². The number of guanidine groups is 1. The molecule has 1 fully saturated rings. The number of hydrogen-bond acceptors (Lipinski definition) is 4. The number of methoxy groups -OCH3 is 1. The maximum Gasteiger partial charge on any atom is 0.411 e. The van der Waals surface area contributed by atoms with Gasteiger partial charge < -0.3 is 20.7 Å². The number of nitrogens with one attached hydrogen (secondary N) is 2. The zero-order chi connectivity index (χ0) is 19.6. The van der Waals surface area contributed by atoms with Gasteiger partial charge in [-0.3, -0.25) is 10.1 Å². The van der Waals surface area contributed by atoms with Gasteiger partial charge in [0.15, 0.2) is 5.96 Å². The third-order valence-corrected chi connectivity index (χ3v) is 4.44. The summed E-state index contributed by atoms with van der Waals surface area (Å²) in [4.78, 5) is 29.4. The number of aliphatic imine (C=N–C) groups is 1. The number of piperidine rings is 1. The number of amides is 2. The molecule has 0 saturated carbocycles. The summed E-state index contributed by atoms with van der Waals surface area (Å²) >= 11 is 0. The lowest BCUT2D eigenvalue weighted by Crippen LogP contribution is -2.47. The van der Waals surface area contributed by atoms with Gasteiger partial charge in [-0.2, -0.15) is 0 Å². The van der Waals surface area contributed by atoms with Crippen molar-refractivity contribution >= 4 is 23.6 Å². The summed E-state index contributed by atoms with van der Waals surface area (Å²) in [5, 5.41) is 5.95. The minimum absolute atomic E-state index is 0.246. The number of carbonyl (C=O) groups is 2. The third kappa shape index (κ3) is 6.80. The number of primary amides is 1. The van der Waals surface area contributed by atoms with E-state index in [1.807, 2.05) is 31.2 Å². The quantitative estimate of drug-likeness (QED) is 0.520. The van der Waals surface area contributed by atoms with E-state index < -0.39 is 6.09 Å². The minimum Gasteiger partial charge on any atom is -0.453 e. The molecule has 1 heterocycles. The van der Waals surface area contributed by atoms with E-state index in [4.69, 9.17) is 10.7 Å². The first-order valence-electron chi connectivity index (χ1n) is 9.27. The zero-order valence-electron chi connectivity index (χ0n) is 16.0. The summed E-state index contributed by atoms with van der Waals surface area (Å²) in [6, 6.07) is 7.48. The number of likely N-dealkylation sites (tertiary alicyclic amines) is 1. The lowest BCUT2D eigenvalue weighted by atomic mass is 9.95. The van der Waals surface area contributed by atoms with Crippen LogP contribution in [0.25, 0.3) is 0 Å². The number of rotatable bonds is 6. The van der Waals surface area contributed by atoms with Crippen molar-refractivity contribution in [3.8, 4) is 0 Å². The molecule has 8 heteroatoms. The van der Waals surface area contributed by atoms with E-state index in [0.29, 0.717) is 18.7 Å². The van der Waals surface area contributed by atoms with Crippen molar-refractivity contribution in [3.05, 3.63) is 29.8 Å². The molecule has 148 valence electrons. The topological polar surface area (TPSA) is 109 Å². The van der Waals surface area contributed by atoms with Gasteiger partial charge in [0, 0.05) is 31.7 Å². The molecule has 8 nitrogen and oxygen atoms in total. The molecule has 2 rings (SSSR count). The Balaban J connectivity index is 2.00. The van der Waals surface area contributed by atoms with Gasteiger partial charge in [-0.05, 0) is 43.4 Å². The van der Waals surface area contributed by atoms with Crippen LogP contribution in [-0.4, -0.2) is 49.6 Å². The molecule has 0 aliphatic carbocycles. The fourth-order valence-electron chi connectivity index (χ4n) is 3.16. The van der Waals surface area contributed by atoms with Crippen LogP contribution < -0.4 is 16.4 Å². The molecule has 1 aliphatic rings. The van der Waals surface area contributed by atoms with Crippen LogP contribution in [0, 0.1) is 5.92 Å². The van der Waals surface area contributed by atoms with Gasteiger partial charge in [0.2, 0.25) is 5.91 Å². The average molecular weight is 375 g/mol. The average Bonchev–Trinajstić information content (AvgIpc) is 2.66. The number of nitrogens with zero attached hydrogens (tertiary/aromatic N) is 2. The van der Waals surface area contributed by atoms with Gasteiger partial charge in [-0.1, -0.05) is 12.1 Å². The Bertz CT molecular complexity index is 660. The summed E-state index contributed by atoms with van der Waals surface area (Å²) in [6.45, 7) is 5.04. The summed E-state index contributed by atoms with van der Waals surface area (Å²) < 4.78 is 4.58. The molecule has 1 aromatic carbocycles. The SMILES string of the molecule is CCNC(=NCc1ccc(NC(=O)OC)cc1)N1CCCC(CC(N)=O)C1. The first-order chi connectivity index (χ1) is 13.0. The normalized spacial score (nSPS) is 17.3. The first kappa shape index (κ1) is 20.5. The van der Waals surface area contributed by atoms with Gasteiger partial charge in [-0.15, -0.1) is 0 Å². The number of hydrogen-bond donors (Lipinski definition) is 3. The Hall–Kier alpha value is -2.77. The lowest BCUT2D eigenvalue weighted by molar-refractivity contribution is -0.119. The summed E-state index contributed by atoms with van der Waals surface area (Å²) in [7, 11) is 1.33. The highest BCUT2D eigenvalue weighted by molar-refractivity contribution is 5.84. The zero-order valence-corrected chi connectivity index (χ0v) is 16.0. The van der Waals surface area contributed by atoms with Crippen LogP contribution in [-0.2, 0) is 16.1 Å². The molecule has 1 saturated heterocycles. The predicted molar refractivity (Wildman–Crippen MR) is 105 cm³/mol. The van der Waals surface area contributed by atoms with Gasteiger partial charge >= 0.3 is 6.09 Å². The van der Waals surface area contributed by atoms with Crippen molar-refractivity contribution in [3.63, 3.8) is 0 Å². The van der Waals surface area contributed by atoms with Crippen molar-refractivity contribution in [1.29, 1.82) is 0 Å². The van der Waals surface area contributed by atoms with Gasteiger partial charge in [0.1, 0.15) is 0 Å². The van der Waals surface area contributed by atoms with E-state index in [0.717, 1.165) is 44.0 Å². The Labute approximate surface area is 160 Å². The van der Waals surface area contributed by atoms with Crippen LogP contribution in [0.5, 0.6) is 0 Å². The third-order valence-electron chi connectivity index (χ3n) is 4.44. The molecule has 0 radical (unpaired) electrons. The van der Waals surface area contributed by atoms with Crippen LogP contribution in [0.2, 0.25) is 0 Å². The van der Waals surface area contributed by atoms with Crippen LogP contribution in [0.3, 0.4) is 0 Å². The molecule has 27 heavy (non-hydrogen) atoms. The van der Waals surface area contributed by atoms with Crippen molar-refractivity contribution in [2.24, 2.45) is 16.6 Å². The molecule has 4 N–H and O–H groups in total. The number of nitrogens with two attached hydrogens (primary N) is 1. The van der Waals surface area contributed by atoms with Gasteiger partial charge in [0.05, 0.1) is 13.7 Å². The lowest BCUT2D eigenvalue weighted by Gasteiger charge is -2.34. The molecule has 1 aromatic rings. The molecule has 1 unspecified atom stereocenters. The molecule has 0 spiro atoms. The Morgan fingerprint density at radius 3 is 2.70 bits per heavy atom. The molecular weight excluding hydrogens is 346 g/mol. The maximum absolute atomic E-state index is 11.2. The van der Waals surface area contributed by atoms with Crippen molar-refractivity contribution < 1.29 is 14.3 Å². The van der Waals surface area contributed by atoms with E-state index in [9.17, 15) is 9.59 Å². The van der Waals surface area contributed by atoms with Crippen molar-refractivity contribution in [2.45, 2.75) is 32.7 Å². The fraction of sp³-hybridized carbons (Fsp3) is 0.526. The van der Waals surface area contributed by atoms with E-state index in [1.165, 1.54) is 7.11 Å². The number of benzene rings is 1. The van der Waals surface area contributed by atoms with Crippen LogP contribution in [0.4, 0.5) is 10.5 Å². The highest BCUT2D eigenvalue weighted by Gasteiger charge is 2.23. The van der Waals surface area contributed by atoms with E-state index >= 15 is 0 Å². The summed E-state index contributed by atoms with van der Waals surface area (Å²) in [6.07, 6.45) is 1.97. The fourth-order valence-corrected chi connectivity index (χ4v) is 3.16. The maximum atomic E-state index is 11.2. The Kier molecular flexibility index (Phi) is 7.91. The Morgan fingerprint density at radius 2 is 2.07 bits per heavy atom. The van der Waals surface area contributed by atoms with Crippen LogP contribution >= 0.6 is 0 Å². The molecule has 1 aliphatic heterocycles. The summed E-state index contributed by atoms with van der Waals surface area (Å²) in [5.41, 5.74) is 7.06. The van der Waals surface area contributed by atoms with E-state index in [1.54, 1.807) is 0 Å². The molecule has 0 aromatic heterocycles. The first-order valence-corrected chi connectivity index (χ1v) is 9.27. The molecule has 2 amide bonds. The second-order valence-corrected chi connectivity index (χ2v) is 6.61. The number of carbonyl (C=O) groups excluding carboxylic acids is 2. The Morgan fingerprint density at radius 1 is 1.33 bits per heavy atom. The highest BCUT2D eigenvalue weighted by atomic mass is 16.5. The summed E-state index contributed by atoms with van der Waals surface area (Å²) in [5.74, 6) is 0.886. The van der Waals surface area contributed by atoms with E-state index in [2.05, 4.69) is 20.3 Å². The standard InChI is InChI=1S/C19H29N5O3/c1-3-21-18(24-10-4-5-15(13-24)11-17(20)25)22-12-14-6-8-16(9-7-14)23-19(26)27-2/h6-9,15H,3-5,10-13H2,1-2H3,(H2,20,25)(H,21,22)(H,23,26). The van der Waals surface area contributed by atoms with Gasteiger partial charge in [-0.25, -0.2) is 9.79 Å². The highest BCUT2D eigenvalue weighted by Crippen LogP contribution is 2.19. The molecule has 1 atom stereocenters. The number of ether oxygens (including phenoxy) is 1. The second kappa shape index (κ2) is 10.4. The number of anilines is 1. The van der Waals surface area contributed by atoms with Crippen molar-refractivity contribution in [2.75, 3.05) is 32.1 Å². The largest absolute Gasteiger partial charge is 0.453 e. The molecular formula is C19H29N5O3. The minimum atomic E-state index is -0.495. The van der Waals surface area contributed by atoms with Crippen LogP contribution in [0.15, 0.2) is 29.3 Å². The van der Waals surface area contributed by atoms with E-state index in [-0.39, 0.29) is 11.8 Å². The monoisotopic (exact) mass is 375 g/mol. The predicted octanol–water partition coefficient (Wildman–Crippen LogP) is 1.92.